The Labute approximate surface area is 186 Å². The first kappa shape index (κ1) is 22.4. The average Bonchev–Trinajstić information content (AvgIpc) is 3.32. The number of carbonyl (C=O) groups excluding carboxylic acids is 2. The molecule has 3 aliphatic heterocycles. The van der Waals surface area contributed by atoms with Gasteiger partial charge in [0.15, 0.2) is 12.4 Å². The van der Waals surface area contributed by atoms with Gasteiger partial charge in [0.1, 0.15) is 5.84 Å². The van der Waals surface area contributed by atoms with Crippen molar-refractivity contribution in [2.24, 2.45) is 4.40 Å². The highest BCUT2D eigenvalue weighted by atomic mass is 32.2. The minimum absolute atomic E-state index is 0.117. The molecular formula is C20H21N3O7S2. The van der Waals surface area contributed by atoms with E-state index in [2.05, 4.69) is 4.40 Å². The minimum atomic E-state index is -3.57. The van der Waals surface area contributed by atoms with Gasteiger partial charge in [-0.1, -0.05) is 0 Å². The zero-order valence-electron chi connectivity index (χ0n) is 17.0. The molecule has 0 saturated carbocycles. The number of esters is 1. The van der Waals surface area contributed by atoms with Crippen molar-refractivity contribution in [1.82, 2.24) is 9.21 Å². The lowest BCUT2D eigenvalue weighted by molar-refractivity contribution is -0.137. The molecule has 0 spiro atoms. The molecule has 3 heterocycles. The Hall–Kier alpha value is -2.83. The Morgan fingerprint density at radius 3 is 2.41 bits per heavy atom. The fourth-order valence-corrected chi connectivity index (χ4v) is 6.00. The summed E-state index contributed by atoms with van der Waals surface area (Å²) in [6.07, 6.45) is 5.86. The molecule has 0 aliphatic carbocycles. The first-order valence-corrected chi connectivity index (χ1v) is 13.0. The molecular weight excluding hydrogens is 458 g/mol. The number of hydrogen-bond donors (Lipinski definition) is 0. The van der Waals surface area contributed by atoms with Gasteiger partial charge in [-0.2, -0.15) is 4.31 Å². The molecule has 0 unspecified atom stereocenters. The molecule has 4 rings (SSSR count). The molecule has 170 valence electrons. The number of amidine groups is 1. The minimum Gasteiger partial charge on any atom is -0.454 e. The number of fused-ring (bicyclic) bond motifs is 1. The topological polar surface area (TPSA) is 130 Å². The summed E-state index contributed by atoms with van der Waals surface area (Å²) in [5, 5.41) is 0. The third-order valence-electron chi connectivity index (χ3n) is 5.27. The van der Waals surface area contributed by atoms with E-state index in [1.165, 1.54) is 51.8 Å². The lowest BCUT2D eigenvalue weighted by atomic mass is 10.1. The molecule has 0 radical (unpaired) electrons. The van der Waals surface area contributed by atoms with E-state index in [0.717, 1.165) is 12.8 Å². The highest BCUT2D eigenvalue weighted by molar-refractivity contribution is 7.90. The van der Waals surface area contributed by atoms with Gasteiger partial charge in [0, 0.05) is 31.4 Å². The number of carbonyl (C=O) groups is 2. The van der Waals surface area contributed by atoms with Crippen molar-refractivity contribution in [3.63, 3.8) is 0 Å². The van der Waals surface area contributed by atoms with Crippen molar-refractivity contribution in [2.75, 3.05) is 32.0 Å². The molecule has 12 heteroatoms. The van der Waals surface area contributed by atoms with Gasteiger partial charge in [-0.05, 0) is 49.3 Å². The summed E-state index contributed by atoms with van der Waals surface area (Å²) in [7, 11) is -7.06. The summed E-state index contributed by atoms with van der Waals surface area (Å²) in [6, 6.07) is 5.55. The zero-order valence-corrected chi connectivity index (χ0v) is 18.6. The Bertz CT molecular complexity index is 1240. The second kappa shape index (κ2) is 8.60. The summed E-state index contributed by atoms with van der Waals surface area (Å²) in [5.41, 5.74) is 0.380. The highest BCUT2D eigenvalue weighted by Crippen LogP contribution is 2.21. The molecule has 0 N–H and O–H groups in total. The van der Waals surface area contributed by atoms with Crippen molar-refractivity contribution in [3.8, 4) is 0 Å². The second-order valence-electron chi connectivity index (χ2n) is 7.48. The molecule has 1 saturated heterocycles. The molecule has 0 amide bonds. The van der Waals surface area contributed by atoms with E-state index in [4.69, 9.17) is 4.74 Å². The van der Waals surface area contributed by atoms with Gasteiger partial charge in [-0.25, -0.2) is 21.6 Å². The van der Waals surface area contributed by atoms with Gasteiger partial charge in [0.25, 0.3) is 10.0 Å². The molecule has 1 aromatic carbocycles. The van der Waals surface area contributed by atoms with E-state index >= 15 is 0 Å². The number of benzene rings is 1. The molecule has 1 fully saturated rings. The van der Waals surface area contributed by atoms with E-state index in [1.807, 2.05) is 0 Å². The Morgan fingerprint density at radius 1 is 1.03 bits per heavy atom. The van der Waals surface area contributed by atoms with Gasteiger partial charge in [-0.15, -0.1) is 4.40 Å². The third kappa shape index (κ3) is 4.66. The van der Waals surface area contributed by atoms with Gasteiger partial charge >= 0.3 is 5.97 Å². The Kier molecular flexibility index (Phi) is 6.01. The van der Waals surface area contributed by atoms with Crippen molar-refractivity contribution < 1.29 is 31.2 Å². The fraction of sp³-hybridized carbons (Fsp3) is 0.350. The van der Waals surface area contributed by atoms with Crippen molar-refractivity contribution in [2.45, 2.75) is 17.7 Å². The maximum atomic E-state index is 12.6. The van der Waals surface area contributed by atoms with Gasteiger partial charge < -0.3 is 9.64 Å². The predicted octanol–water partition coefficient (Wildman–Crippen LogP) is 0.695. The lowest BCUT2D eigenvalue weighted by Crippen LogP contribution is -2.37. The third-order valence-corrected chi connectivity index (χ3v) is 8.35. The Morgan fingerprint density at radius 2 is 1.72 bits per heavy atom. The zero-order chi connectivity index (χ0) is 22.9. The predicted molar refractivity (Wildman–Crippen MR) is 115 cm³/mol. The number of hydrogen-bond acceptors (Lipinski definition) is 8. The normalized spacial score (nSPS) is 20.3. The summed E-state index contributed by atoms with van der Waals surface area (Å²) < 4.78 is 58.3. The number of nitrogens with zero attached hydrogens (tertiary/aromatic N) is 3. The van der Waals surface area contributed by atoms with E-state index in [9.17, 15) is 26.4 Å². The van der Waals surface area contributed by atoms with Gasteiger partial charge in [0.05, 0.1) is 16.2 Å². The SMILES string of the molecule is O=C(OCC(=O)c1ccc(S(=O)(=O)N2CCCC2)cc1)C1=CN2CCS(=O)(=O)N=C2C=C1. The monoisotopic (exact) mass is 479 g/mol. The molecule has 0 atom stereocenters. The molecule has 10 nitrogen and oxygen atoms in total. The first-order valence-electron chi connectivity index (χ1n) is 9.95. The number of rotatable bonds is 6. The van der Waals surface area contributed by atoms with Crippen LogP contribution in [0.15, 0.2) is 57.5 Å². The van der Waals surface area contributed by atoms with Crippen LogP contribution in [-0.2, 0) is 29.6 Å². The van der Waals surface area contributed by atoms with Crippen LogP contribution < -0.4 is 0 Å². The standard InChI is InChI=1S/C20H21N3O7S2/c24-18(15-3-6-17(7-4-15)32(28,29)23-9-1-2-10-23)14-30-20(25)16-5-8-19-21-31(26,27)12-11-22(19)13-16/h3-8,13H,1-2,9-12,14H2. The molecule has 3 aliphatic rings. The van der Waals surface area contributed by atoms with Gasteiger partial charge in [0.2, 0.25) is 10.0 Å². The van der Waals surface area contributed by atoms with E-state index in [1.54, 1.807) is 0 Å². The lowest BCUT2D eigenvalue weighted by Gasteiger charge is -2.26. The van der Waals surface area contributed by atoms with Gasteiger partial charge in [-0.3, -0.25) is 4.79 Å². The average molecular weight is 480 g/mol. The van der Waals surface area contributed by atoms with Crippen LogP contribution in [0.25, 0.3) is 0 Å². The van der Waals surface area contributed by atoms with Crippen LogP contribution in [0.4, 0.5) is 0 Å². The largest absolute Gasteiger partial charge is 0.454 e. The fourth-order valence-electron chi connectivity index (χ4n) is 3.51. The Balaban J connectivity index is 1.36. The number of ketones is 1. The smallest absolute Gasteiger partial charge is 0.340 e. The molecule has 1 aromatic rings. The van der Waals surface area contributed by atoms with Crippen LogP contribution in [0, 0.1) is 0 Å². The summed E-state index contributed by atoms with van der Waals surface area (Å²) in [4.78, 5) is 26.3. The summed E-state index contributed by atoms with van der Waals surface area (Å²) >= 11 is 0. The van der Waals surface area contributed by atoms with Crippen LogP contribution in [0.2, 0.25) is 0 Å². The quantitative estimate of drug-likeness (QED) is 0.430. The van der Waals surface area contributed by atoms with Crippen LogP contribution >= 0.6 is 0 Å². The molecule has 0 bridgehead atoms. The van der Waals surface area contributed by atoms with E-state index in [0.29, 0.717) is 13.1 Å². The maximum Gasteiger partial charge on any atom is 0.340 e. The second-order valence-corrected chi connectivity index (χ2v) is 11.2. The molecule has 0 aromatic heterocycles. The van der Waals surface area contributed by atoms with Crippen LogP contribution in [0.5, 0.6) is 0 Å². The summed E-state index contributed by atoms with van der Waals surface area (Å²) in [5.74, 6) is -1.16. The first-order chi connectivity index (χ1) is 15.2. The van der Waals surface area contributed by atoms with Crippen LogP contribution in [0.3, 0.4) is 0 Å². The van der Waals surface area contributed by atoms with Crippen LogP contribution in [0.1, 0.15) is 23.2 Å². The number of ether oxygens (including phenoxy) is 1. The van der Waals surface area contributed by atoms with Crippen LogP contribution in [-0.4, -0.2) is 75.6 Å². The maximum absolute atomic E-state index is 12.6. The van der Waals surface area contributed by atoms with Crippen molar-refractivity contribution >= 4 is 37.6 Å². The number of sulfonamides is 2. The highest BCUT2D eigenvalue weighted by Gasteiger charge is 2.28. The van der Waals surface area contributed by atoms with Crippen molar-refractivity contribution in [3.05, 3.63) is 53.8 Å². The van der Waals surface area contributed by atoms with E-state index in [-0.39, 0.29) is 34.2 Å². The number of Topliss-reactive ketones (excluding diaryl/α,β-unsaturated/α-hetero) is 1. The molecule has 32 heavy (non-hydrogen) atoms. The summed E-state index contributed by atoms with van der Waals surface area (Å²) in [6.45, 7) is 0.624. The van der Waals surface area contributed by atoms with E-state index < -0.39 is 38.4 Å². The van der Waals surface area contributed by atoms with Crippen molar-refractivity contribution in [1.29, 1.82) is 0 Å².